The predicted molar refractivity (Wildman–Crippen MR) is 80.8 cm³/mol. The van der Waals surface area contributed by atoms with Gasteiger partial charge in [0.15, 0.2) is 0 Å². The molecule has 1 aromatic carbocycles. The van der Waals surface area contributed by atoms with Crippen LogP contribution >= 0.6 is 0 Å². The molecule has 3 rings (SSSR count). The zero-order chi connectivity index (χ0) is 13.9. The summed E-state index contributed by atoms with van der Waals surface area (Å²) in [5, 5.41) is 3.44. The topological polar surface area (TPSA) is 37.3 Å². The molecule has 104 valence electrons. The van der Waals surface area contributed by atoms with Gasteiger partial charge >= 0.3 is 0 Å². The summed E-state index contributed by atoms with van der Waals surface area (Å²) in [6.45, 7) is 1.57. The van der Waals surface area contributed by atoms with E-state index in [0.29, 0.717) is 6.42 Å². The zero-order valence-electron chi connectivity index (χ0n) is 11.7. The molecular weight excluding hydrogens is 250 g/mol. The Labute approximate surface area is 119 Å². The van der Waals surface area contributed by atoms with Gasteiger partial charge in [-0.25, -0.2) is 0 Å². The second-order valence-corrected chi connectivity index (χ2v) is 5.13. The average molecular weight is 269 g/mol. The van der Waals surface area contributed by atoms with E-state index in [2.05, 4.69) is 16.0 Å². The van der Waals surface area contributed by atoms with Crippen LogP contribution in [0.1, 0.15) is 18.5 Å². The fourth-order valence-corrected chi connectivity index (χ4v) is 2.63. The van der Waals surface area contributed by atoms with Crippen molar-refractivity contribution in [3.63, 3.8) is 0 Å². The molecular formula is C16H19N3O. The van der Waals surface area contributed by atoms with E-state index in [1.54, 1.807) is 0 Å². The Hall–Kier alpha value is -2.23. The van der Waals surface area contributed by atoms with Crippen molar-refractivity contribution >= 4 is 17.3 Å². The Bertz CT molecular complexity index is 618. The second kappa shape index (κ2) is 5.41. The summed E-state index contributed by atoms with van der Waals surface area (Å²) in [5.74, 6) is 0.220. The van der Waals surface area contributed by atoms with Crippen LogP contribution in [0.5, 0.6) is 0 Å². The van der Waals surface area contributed by atoms with Gasteiger partial charge in [0.1, 0.15) is 0 Å². The van der Waals surface area contributed by atoms with E-state index in [-0.39, 0.29) is 5.91 Å². The molecule has 0 spiro atoms. The van der Waals surface area contributed by atoms with Crippen molar-refractivity contribution in [2.75, 3.05) is 16.8 Å². The highest BCUT2D eigenvalue weighted by molar-refractivity contribution is 5.98. The lowest BCUT2D eigenvalue weighted by molar-refractivity contribution is -0.117. The number of carbonyl (C=O) groups is 1. The van der Waals surface area contributed by atoms with Crippen molar-refractivity contribution in [3.05, 3.63) is 48.3 Å². The quantitative estimate of drug-likeness (QED) is 0.926. The zero-order valence-corrected chi connectivity index (χ0v) is 11.7. The van der Waals surface area contributed by atoms with Crippen LogP contribution in [0.3, 0.4) is 0 Å². The van der Waals surface area contributed by atoms with Gasteiger partial charge in [-0.2, -0.15) is 0 Å². The first-order chi connectivity index (χ1) is 9.75. The third kappa shape index (κ3) is 2.41. The Morgan fingerprint density at radius 1 is 1.20 bits per heavy atom. The van der Waals surface area contributed by atoms with E-state index in [1.165, 1.54) is 5.69 Å². The normalized spacial score (nSPS) is 14.8. The average Bonchev–Trinajstić information content (AvgIpc) is 3.06. The maximum absolute atomic E-state index is 11.9. The monoisotopic (exact) mass is 269 g/mol. The van der Waals surface area contributed by atoms with Gasteiger partial charge in [-0.05, 0) is 30.7 Å². The minimum absolute atomic E-state index is 0.220. The van der Waals surface area contributed by atoms with Crippen LogP contribution in [0.2, 0.25) is 0 Å². The van der Waals surface area contributed by atoms with Crippen molar-refractivity contribution in [2.24, 2.45) is 7.05 Å². The largest absolute Gasteiger partial charge is 0.378 e. The number of para-hydroxylation sites is 2. The number of hydrogen-bond acceptors (Lipinski definition) is 2. The fraction of sp³-hybridized carbons (Fsp3) is 0.312. The molecule has 1 saturated heterocycles. The van der Waals surface area contributed by atoms with Crippen molar-refractivity contribution in [3.8, 4) is 0 Å². The van der Waals surface area contributed by atoms with Gasteiger partial charge in [-0.3, -0.25) is 4.79 Å². The van der Waals surface area contributed by atoms with Crippen LogP contribution in [0, 0.1) is 0 Å². The summed E-state index contributed by atoms with van der Waals surface area (Å²) < 4.78 is 2.09. The van der Waals surface area contributed by atoms with Crippen LogP contribution in [-0.2, 0) is 18.4 Å². The van der Waals surface area contributed by atoms with E-state index >= 15 is 0 Å². The van der Waals surface area contributed by atoms with Gasteiger partial charge < -0.3 is 14.8 Å². The molecule has 1 amide bonds. The van der Waals surface area contributed by atoms with Crippen molar-refractivity contribution < 1.29 is 4.79 Å². The molecule has 2 aromatic rings. The maximum atomic E-state index is 11.9. The molecule has 0 unspecified atom stereocenters. The lowest BCUT2D eigenvalue weighted by atomic mass is 10.2. The summed E-state index contributed by atoms with van der Waals surface area (Å²) in [4.78, 5) is 13.8. The SMILES string of the molecule is Cn1cccc1CNc1ccccc1N1CCCC1=O. The molecule has 0 saturated carbocycles. The number of aromatic nitrogens is 1. The molecule has 1 aromatic heterocycles. The first kappa shape index (κ1) is 12.8. The highest BCUT2D eigenvalue weighted by Crippen LogP contribution is 2.29. The van der Waals surface area contributed by atoms with Crippen molar-refractivity contribution in [1.29, 1.82) is 0 Å². The third-order valence-corrected chi connectivity index (χ3v) is 3.78. The smallest absolute Gasteiger partial charge is 0.227 e. The second-order valence-electron chi connectivity index (χ2n) is 5.13. The fourth-order valence-electron chi connectivity index (χ4n) is 2.63. The molecule has 20 heavy (non-hydrogen) atoms. The Morgan fingerprint density at radius 3 is 2.75 bits per heavy atom. The van der Waals surface area contributed by atoms with Gasteiger partial charge in [-0.15, -0.1) is 0 Å². The van der Waals surface area contributed by atoms with E-state index < -0.39 is 0 Å². The molecule has 0 atom stereocenters. The number of amides is 1. The molecule has 1 N–H and O–H groups in total. The van der Waals surface area contributed by atoms with Gasteiger partial charge in [0.05, 0.1) is 17.9 Å². The summed E-state index contributed by atoms with van der Waals surface area (Å²) in [7, 11) is 2.03. The minimum atomic E-state index is 0.220. The number of hydrogen-bond donors (Lipinski definition) is 1. The summed E-state index contributed by atoms with van der Waals surface area (Å²) in [6, 6.07) is 12.1. The summed E-state index contributed by atoms with van der Waals surface area (Å²) in [6.07, 6.45) is 3.64. The molecule has 4 nitrogen and oxygen atoms in total. The first-order valence-electron chi connectivity index (χ1n) is 6.99. The highest BCUT2D eigenvalue weighted by atomic mass is 16.2. The number of anilines is 2. The number of aryl methyl sites for hydroxylation is 1. The molecule has 2 heterocycles. The van der Waals surface area contributed by atoms with Crippen molar-refractivity contribution in [1.82, 2.24) is 4.57 Å². The van der Waals surface area contributed by atoms with Gasteiger partial charge in [0, 0.05) is 31.9 Å². The van der Waals surface area contributed by atoms with E-state index in [1.807, 2.05) is 48.5 Å². The number of rotatable bonds is 4. The lowest BCUT2D eigenvalue weighted by Crippen LogP contribution is -2.24. The predicted octanol–water partition coefficient (Wildman–Crippen LogP) is 2.76. The molecule has 0 aliphatic carbocycles. The van der Waals surface area contributed by atoms with Crippen molar-refractivity contribution in [2.45, 2.75) is 19.4 Å². The third-order valence-electron chi connectivity index (χ3n) is 3.78. The molecule has 0 bridgehead atoms. The molecule has 1 fully saturated rings. The highest BCUT2D eigenvalue weighted by Gasteiger charge is 2.23. The molecule has 0 radical (unpaired) electrons. The maximum Gasteiger partial charge on any atom is 0.227 e. The van der Waals surface area contributed by atoms with E-state index in [4.69, 9.17) is 0 Å². The summed E-state index contributed by atoms with van der Waals surface area (Å²) >= 11 is 0. The van der Waals surface area contributed by atoms with Gasteiger partial charge in [0.25, 0.3) is 0 Å². The van der Waals surface area contributed by atoms with Crippen LogP contribution in [-0.4, -0.2) is 17.0 Å². The van der Waals surface area contributed by atoms with Crippen LogP contribution < -0.4 is 10.2 Å². The number of nitrogens with zero attached hydrogens (tertiary/aromatic N) is 2. The molecule has 1 aliphatic heterocycles. The molecule has 4 heteroatoms. The lowest BCUT2D eigenvalue weighted by Gasteiger charge is -2.20. The minimum Gasteiger partial charge on any atom is -0.378 e. The van der Waals surface area contributed by atoms with Gasteiger partial charge in [-0.1, -0.05) is 12.1 Å². The van der Waals surface area contributed by atoms with Crippen LogP contribution in [0.15, 0.2) is 42.6 Å². The van der Waals surface area contributed by atoms with Gasteiger partial charge in [0.2, 0.25) is 5.91 Å². The Balaban J connectivity index is 1.79. The molecule has 1 aliphatic rings. The van der Waals surface area contributed by atoms with Crippen LogP contribution in [0.25, 0.3) is 0 Å². The number of nitrogens with one attached hydrogen (secondary N) is 1. The standard InChI is InChI=1S/C16H19N3O/c1-18-10-4-6-13(18)12-17-14-7-2-3-8-15(14)19-11-5-9-16(19)20/h2-4,6-8,10,17H,5,9,11-12H2,1H3. The van der Waals surface area contributed by atoms with E-state index in [0.717, 1.165) is 30.9 Å². The van der Waals surface area contributed by atoms with Crippen LogP contribution in [0.4, 0.5) is 11.4 Å². The Kier molecular flexibility index (Phi) is 3.46. The number of benzene rings is 1. The van der Waals surface area contributed by atoms with E-state index in [9.17, 15) is 4.79 Å². The summed E-state index contributed by atoms with van der Waals surface area (Å²) in [5.41, 5.74) is 3.22. The number of carbonyl (C=O) groups excluding carboxylic acids is 1. The first-order valence-corrected chi connectivity index (χ1v) is 6.99. The Morgan fingerprint density at radius 2 is 2.05 bits per heavy atom.